The molecule has 0 atom stereocenters. The molecule has 2 heterocycles. The van der Waals surface area contributed by atoms with Gasteiger partial charge in [-0.15, -0.1) is 22.7 Å². The van der Waals surface area contributed by atoms with Crippen LogP contribution in [-0.4, -0.2) is 16.4 Å². The highest BCUT2D eigenvalue weighted by molar-refractivity contribution is 7.20. The first-order valence-electron chi connectivity index (χ1n) is 5.73. The number of carbonyl (C=O) groups excluding carboxylic acids is 1. The highest BCUT2D eigenvalue weighted by Crippen LogP contribution is 2.27. The summed E-state index contributed by atoms with van der Waals surface area (Å²) in [5.74, 6) is 0.0190. The summed E-state index contributed by atoms with van der Waals surface area (Å²) in [6, 6.07) is 4.05. The summed E-state index contributed by atoms with van der Waals surface area (Å²) in [6.07, 6.45) is 0.346. The van der Waals surface area contributed by atoms with Gasteiger partial charge in [0, 0.05) is 10.9 Å². The Bertz CT molecular complexity index is 523. The van der Waals surface area contributed by atoms with Crippen LogP contribution < -0.4 is 5.32 Å². The Hall–Kier alpha value is -1.20. The standard InChI is InChI=1S/C13H16N2OS2/c1-13(2,3)15-11(16)7-9-8-18-12(14-9)10-5-4-6-17-10/h4-6,8H,7H2,1-3H3,(H,15,16). The first-order valence-corrected chi connectivity index (χ1v) is 7.49. The van der Waals surface area contributed by atoms with Crippen LogP contribution in [0.3, 0.4) is 0 Å². The second kappa shape index (κ2) is 5.20. The zero-order chi connectivity index (χ0) is 13.2. The van der Waals surface area contributed by atoms with E-state index >= 15 is 0 Å². The fourth-order valence-electron chi connectivity index (χ4n) is 1.53. The van der Waals surface area contributed by atoms with E-state index in [1.165, 1.54) is 0 Å². The zero-order valence-electron chi connectivity index (χ0n) is 10.7. The van der Waals surface area contributed by atoms with Crippen molar-refractivity contribution in [3.05, 3.63) is 28.6 Å². The van der Waals surface area contributed by atoms with Gasteiger partial charge in [-0.05, 0) is 32.2 Å². The van der Waals surface area contributed by atoms with Gasteiger partial charge in [-0.2, -0.15) is 0 Å². The van der Waals surface area contributed by atoms with Gasteiger partial charge in [0.1, 0.15) is 5.01 Å². The molecule has 2 aromatic heterocycles. The molecule has 0 radical (unpaired) electrons. The Balaban J connectivity index is 2.01. The van der Waals surface area contributed by atoms with Gasteiger partial charge in [-0.25, -0.2) is 4.98 Å². The van der Waals surface area contributed by atoms with Crippen molar-refractivity contribution < 1.29 is 4.79 Å². The van der Waals surface area contributed by atoms with Crippen molar-refractivity contribution in [3.8, 4) is 9.88 Å². The lowest BCUT2D eigenvalue weighted by Gasteiger charge is -2.20. The quantitative estimate of drug-likeness (QED) is 0.937. The topological polar surface area (TPSA) is 42.0 Å². The van der Waals surface area contributed by atoms with Crippen LogP contribution in [0.4, 0.5) is 0 Å². The third kappa shape index (κ3) is 3.65. The summed E-state index contributed by atoms with van der Waals surface area (Å²) >= 11 is 3.25. The molecule has 0 aliphatic rings. The summed E-state index contributed by atoms with van der Waals surface area (Å²) in [5, 5.41) is 7.92. The lowest BCUT2D eigenvalue weighted by molar-refractivity contribution is -0.121. The van der Waals surface area contributed by atoms with Gasteiger partial charge in [0.2, 0.25) is 5.91 Å². The fraction of sp³-hybridized carbons (Fsp3) is 0.385. The molecule has 1 N–H and O–H groups in total. The molecule has 1 amide bonds. The Morgan fingerprint density at radius 2 is 2.17 bits per heavy atom. The summed E-state index contributed by atoms with van der Waals surface area (Å²) in [5.41, 5.74) is 0.647. The molecule has 0 bridgehead atoms. The van der Waals surface area contributed by atoms with Gasteiger partial charge in [-0.3, -0.25) is 4.79 Å². The minimum absolute atomic E-state index is 0.0190. The van der Waals surface area contributed by atoms with Crippen LogP contribution in [0.15, 0.2) is 22.9 Å². The van der Waals surface area contributed by atoms with E-state index in [-0.39, 0.29) is 11.4 Å². The molecule has 0 aromatic carbocycles. The van der Waals surface area contributed by atoms with Gasteiger partial charge in [-0.1, -0.05) is 6.07 Å². The van der Waals surface area contributed by atoms with E-state index in [9.17, 15) is 4.79 Å². The highest BCUT2D eigenvalue weighted by atomic mass is 32.1. The van der Waals surface area contributed by atoms with Gasteiger partial charge in [0.05, 0.1) is 17.0 Å². The molecule has 5 heteroatoms. The van der Waals surface area contributed by atoms with Gasteiger partial charge < -0.3 is 5.32 Å². The Kier molecular flexibility index (Phi) is 3.82. The molecule has 3 nitrogen and oxygen atoms in total. The van der Waals surface area contributed by atoms with Crippen LogP contribution in [0.25, 0.3) is 9.88 Å². The van der Waals surface area contributed by atoms with Crippen LogP contribution in [-0.2, 0) is 11.2 Å². The largest absolute Gasteiger partial charge is 0.351 e. The maximum Gasteiger partial charge on any atom is 0.226 e. The fourth-order valence-corrected chi connectivity index (χ4v) is 3.16. The molecular formula is C13H16N2OS2. The van der Waals surface area contributed by atoms with Crippen molar-refractivity contribution in [2.24, 2.45) is 0 Å². The van der Waals surface area contributed by atoms with Crippen LogP contribution in [0.1, 0.15) is 26.5 Å². The third-order valence-electron chi connectivity index (χ3n) is 2.14. The van der Waals surface area contributed by atoms with Crippen molar-refractivity contribution in [3.63, 3.8) is 0 Å². The summed E-state index contributed by atoms with van der Waals surface area (Å²) in [7, 11) is 0. The van der Waals surface area contributed by atoms with Crippen molar-refractivity contribution >= 4 is 28.6 Å². The summed E-state index contributed by atoms with van der Waals surface area (Å²) in [4.78, 5) is 17.4. The second-order valence-electron chi connectivity index (χ2n) is 5.10. The average molecular weight is 280 g/mol. The van der Waals surface area contributed by atoms with E-state index in [2.05, 4.69) is 10.3 Å². The minimum Gasteiger partial charge on any atom is -0.351 e. The van der Waals surface area contributed by atoms with Crippen LogP contribution in [0, 0.1) is 0 Å². The number of nitrogens with zero attached hydrogens (tertiary/aromatic N) is 1. The average Bonchev–Trinajstić information content (AvgIpc) is 2.82. The molecule has 18 heavy (non-hydrogen) atoms. The minimum atomic E-state index is -0.191. The molecule has 0 spiro atoms. The van der Waals surface area contributed by atoms with Gasteiger partial charge >= 0.3 is 0 Å². The molecule has 0 saturated heterocycles. The maximum atomic E-state index is 11.8. The Morgan fingerprint density at radius 3 is 2.78 bits per heavy atom. The number of hydrogen-bond donors (Lipinski definition) is 1. The number of hydrogen-bond acceptors (Lipinski definition) is 4. The van der Waals surface area contributed by atoms with Crippen LogP contribution in [0.5, 0.6) is 0 Å². The maximum absolute atomic E-state index is 11.8. The second-order valence-corrected chi connectivity index (χ2v) is 6.90. The molecule has 0 aliphatic heterocycles. The third-order valence-corrected chi connectivity index (χ3v) is 4.07. The van der Waals surface area contributed by atoms with Crippen LogP contribution in [0.2, 0.25) is 0 Å². The number of rotatable bonds is 3. The molecule has 0 aliphatic carbocycles. The number of nitrogens with one attached hydrogen (secondary N) is 1. The van der Waals surface area contributed by atoms with E-state index in [1.54, 1.807) is 22.7 Å². The zero-order valence-corrected chi connectivity index (χ0v) is 12.3. The molecular weight excluding hydrogens is 264 g/mol. The Labute approximate surface area is 115 Å². The highest BCUT2D eigenvalue weighted by Gasteiger charge is 2.15. The van der Waals surface area contributed by atoms with Crippen molar-refractivity contribution in [1.82, 2.24) is 10.3 Å². The van der Waals surface area contributed by atoms with Crippen molar-refractivity contribution in [2.75, 3.05) is 0 Å². The van der Waals surface area contributed by atoms with E-state index in [0.717, 1.165) is 15.6 Å². The number of thiazole rings is 1. The molecule has 0 unspecified atom stereocenters. The number of amides is 1. The Morgan fingerprint density at radius 1 is 1.39 bits per heavy atom. The van der Waals surface area contributed by atoms with Crippen molar-refractivity contribution in [2.45, 2.75) is 32.7 Å². The van der Waals surface area contributed by atoms with Crippen molar-refractivity contribution in [1.29, 1.82) is 0 Å². The van der Waals surface area contributed by atoms with Crippen LogP contribution >= 0.6 is 22.7 Å². The van der Waals surface area contributed by atoms with E-state index in [4.69, 9.17) is 0 Å². The molecule has 0 fully saturated rings. The predicted octanol–water partition coefficient (Wildman–Crippen LogP) is 3.33. The predicted molar refractivity (Wildman–Crippen MR) is 77.0 cm³/mol. The monoisotopic (exact) mass is 280 g/mol. The summed E-state index contributed by atoms with van der Waals surface area (Å²) in [6.45, 7) is 5.93. The van der Waals surface area contributed by atoms with E-state index < -0.39 is 0 Å². The first-order chi connectivity index (χ1) is 8.44. The first kappa shape index (κ1) is 13.2. The normalized spacial score (nSPS) is 11.5. The molecule has 0 saturated carbocycles. The number of thiophene rings is 1. The molecule has 2 rings (SSSR count). The molecule has 96 valence electrons. The smallest absolute Gasteiger partial charge is 0.226 e. The lowest BCUT2D eigenvalue weighted by atomic mass is 10.1. The van der Waals surface area contributed by atoms with E-state index in [1.807, 2.05) is 43.7 Å². The van der Waals surface area contributed by atoms with Gasteiger partial charge in [0.15, 0.2) is 0 Å². The number of carbonyl (C=O) groups is 1. The van der Waals surface area contributed by atoms with E-state index in [0.29, 0.717) is 6.42 Å². The summed E-state index contributed by atoms with van der Waals surface area (Å²) < 4.78 is 0. The lowest BCUT2D eigenvalue weighted by Crippen LogP contribution is -2.41. The SMILES string of the molecule is CC(C)(C)NC(=O)Cc1csc(-c2cccs2)n1. The number of aromatic nitrogens is 1. The van der Waals surface area contributed by atoms with Gasteiger partial charge in [0.25, 0.3) is 0 Å². The molecule has 2 aromatic rings.